The number of benzene rings is 1. The molecule has 1 heterocycles. The third kappa shape index (κ3) is 2.79. The SMILES string of the molecule is CC(C)(C)c1ccc2c(c1)[C@H]1C[C@H]3[C@H]4CCC5C[C@H](O)CC[C@]5(C)[C@H]4CC[C@]3(C)[C@H]1N2. The van der Waals surface area contributed by atoms with Gasteiger partial charge in [-0.15, -0.1) is 0 Å². The first kappa shape index (κ1) is 20.6. The van der Waals surface area contributed by atoms with E-state index in [0.717, 1.165) is 36.5 Å². The van der Waals surface area contributed by atoms with Crippen molar-refractivity contribution in [3.63, 3.8) is 0 Å². The van der Waals surface area contributed by atoms with Crippen molar-refractivity contribution in [3.05, 3.63) is 29.3 Å². The summed E-state index contributed by atoms with van der Waals surface area (Å²) in [6.45, 7) is 12.3. The Kier molecular flexibility index (Phi) is 4.33. The Bertz CT molecular complexity index is 885. The Balaban J connectivity index is 1.32. The zero-order valence-electron chi connectivity index (χ0n) is 20.4. The molecule has 0 radical (unpaired) electrons. The lowest BCUT2D eigenvalue weighted by molar-refractivity contribution is -0.121. The first-order chi connectivity index (χ1) is 14.6. The van der Waals surface area contributed by atoms with Gasteiger partial charge in [-0.05, 0) is 108 Å². The lowest BCUT2D eigenvalue weighted by Crippen LogP contribution is -2.55. The largest absolute Gasteiger partial charge is 0.393 e. The number of fused-ring (bicyclic) bond motifs is 9. The molecule has 2 nitrogen and oxygen atoms in total. The number of hydrogen-bond donors (Lipinski definition) is 2. The minimum Gasteiger partial charge on any atom is -0.393 e. The fourth-order valence-electron chi connectivity index (χ4n) is 9.49. The van der Waals surface area contributed by atoms with Crippen LogP contribution < -0.4 is 5.32 Å². The van der Waals surface area contributed by atoms with Gasteiger partial charge < -0.3 is 10.4 Å². The maximum atomic E-state index is 10.3. The minimum absolute atomic E-state index is 0.0352. The van der Waals surface area contributed by atoms with Gasteiger partial charge in [0.1, 0.15) is 0 Å². The van der Waals surface area contributed by atoms with Gasteiger partial charge in [0.15, 0.2) is 0 Å². The summed E-state index contributed by atoms with van der Waals surface area (Å²) in [7, 11) is 0. The summed E-state index contributed by atoms with van der Waals surface area (Å²) in [5.74, 6) is 4.11. The molecule has 2 heteroatoms. The zero-order valence-corrected chi connectivity index (χ0v) is 20.4. The van der Waals surface area contributed by atoms with E-state index in [-0.39, 0.29) is 11.5 Å². The summed E-state index contributed by atoms with van der Waals surface area (Å²) < 4.78 is 0. The van der Waals surface area contributed by atoms with Crippen LogP contribution in [0.3, 0.4) is 0 Å². The first-order valence-electron chi connectivity index (χ1n) is 13.2. The van der Waals surface area contributed by atoms with Crippen molar-refractivity contribution < 1.29 is 5.11 Å². The summed E-state index contributed by atoms with van der Waals surface area (Å²) in [6, 6.07) is 7.90. The first-order valence-corrected chi connectivity index (χ1v) is 13.2. The van der Waals surface area contributed by atoms with Crippen molar-refractivity contribution in [2.75, 3.05) is 5.32 Å². The summed E-state index contributed by atoms with van der Waals surface area (Å²) in [6.07, 6.45) is 10.3. The van der Waals surface area contributed by atoms with Crippen LogP contribution in [-0.4, -0.2) is 17.3 Å². The fraction of sp³-hybridized carbons (Fsp3) is 0.793. The summed E-state index contributed by atoms with van der Waals surface area (Å²) in [5, 5.41) is 14.4. The van der Waals surface area contributed by atoms with Crippen LogP contribution in [0.25, 0.3) is 0 Å². The number of rotatable bonds is 0. The fourth-order valence-corrected chi connectivity index (χ4v) is 9.49. The number of aliphatic hydroxyl groups is 1. The van der Waals surface area contributed by atoms with E-state index < -0.39 is 0 Å². The zero-order chi connectivity index (χ0) is 21.8. The second kappa shape index (κ2) is 6.52. The third-order valence-electron chi connectivity index (χ3n) is 11.3. The molecule has 4 saturated carbocycles. The molecular weight excluding hydrogens is 378 g/mol. The molecule has 1 aliphatic heterocycles. The molecule has 9 atom stereocenters. The van der Waals surface area contributed by atoms with Crippen LogP contribution in [0, 0.1) is 34.5 Å². The molecule has 1 unspecified atom stereocenters. The lowest BCUT2D eigenvalue weighted by atomic mass is 9.45. The number of anilines is 1. The Labute approximate surface area is 189 Å². The smallest absolute Gasteiger partial charge is 0.0543 e. The molecule has 0 amide bonds. The van der Waals surface area contributed by atoms with Crippen LogP contribution in [0.15, 0.2) is 18.2 Å². The average molecular weight is 422 g/mol. The van der Waals surface area contributed by atoms with E-state index in [1.807, 2.05) is 0 Å². The topological polar surface area (TPSA) is 32.3 Å². The quantitative estimate of drug-likeness (QED) is 0.479. The highest BCUT2D eigenvalue weighted by Gasteiger charge is 2.63. The van der Waals surface area contributed by atoms with Crippen molar-refractivity contribution in [2.24, 2.45) is 34.5 Å². The van der Waals surface area contributed by atoms with Crippen LogP contribution in [0.5, 0.6) is 0 Å². The summed E-state index contributed by atoms with van der Waals surface area (Å²) in [4.78, 5) is 0. The van der Waals surface area contributed by atoms with Crippen LogP contribution in [0.2, 0.25) is 0 Å². The van der Waals surface area contributed by atoms with E-state index in [1.165, 1.54) is 49.8 Å². The third-order valence-corrected chi connectivity index (χ3v) is 11.3. The molecule has 6 rings (SSSR count). The van der Waals surface area contributed by atoms with Crippen molar-refractivity contribution in [3.8, 4) is 0 Å². The molecule has 0 spiro atoms. The van der Waals surface area contributed by atoms with Crippen LogP contribution >= 0.6 is 0 Å². The molecule has 31 heavy (non-hydrogen) atoms. The maximum absolute atomic E-state index is 10.3. The van der Waals surface area contributed by atoms with Gasteiger partial charge in [0.25, 0.3) is 0 Å². The second-order valence-electron chi connectivity index (χ2n) is 13.6. The second-order valence-corrected chi connectivity index (χ2v) is 13.6. The Morgan fingerprint density at radius 3 is 2.48 bits per heavy atom. The highest BCUT2D eigenvalue weighted by atomic mass is 16.3. The number of nitrogens with one attached hydrogen (secondary N) is 1. The van der Waals surface area contributed by atoms with Crippen LogP contribution in [0.4, 0.5) is 5.69 Å². The number of hydrogen-bond acceptors (Lipinski definition) is 2. The van der Waals surface area contributed by atoms with Crippen LogP contribution in [0.1, 0.15) is 103 Å². The minimum atomic E-state index is -0.0352. The predicted octanol–water partition coefficient (Wildman–Crippen LogP) is 6.88. The predicted molar refractivity (Wildman–Crippen MR) is 128 cm³/mol. The van der Waals surface area contributed by atoms with E-state index in [1.54, 1.807) is 5.56 Å². The van der Waals surface area contributed by atoms with E-state index in [0.29, 0.717) is 22.8 Å². The molecule has 5 aliphatic rings. The molecule has 1 aromatic rings. The molecule has 4 aliphatic carbocycles. The van der Waals surface area contributed by atoms with Gasteiger partial charge in [-0.25, -0.2) is 0 Å². The molecule has 0 saturated heterocycles. The maximum Gasteiger partial charge on any atom is 0.0543 e. The molecule has 0 bridgehead atoms. The van der Waals surface area contributed by atoms with Crippen molar-refractivity contribution in [1.29, 1.82) is 0 Å². The monoisotopic (exact) mass is 421 g/mol. The molecule has 4 fully saturated rings. The summed E-state index contributed by atoms with van der Waals surface area (Å²) in [5.41, 5.74) is 5.65. The van der Waals surface area contributed by atoms with E-state index in [9.17, 15) is 5.11 Å². The Morgan fingerprint density at radius 2 is 1.71 bits per heavy atom. The van der Waals surface area contributed by atoms with Gasteiger partial charge >= 0.3 is 0 Å². The van der Waals surface area contributed by atoms with Crippen molar-refractivity contribution >= 4 is 5.69 Å². The Morgan fingerprint density at radius 1 is 0.935 bits per heavy atom. The highest BCUT2D eigenvalue weighted by Crippen LogP contribution is 2.69. The van der Waals surface area contributed by atoms with E-state index in [2.05, 4.69) is 58.1 Å². The number of aliphatic hydroxyl groups excluding tert-OH is 1. The van der Waals surface area contributed by atoms with Crippen molar-refractivity contribution in [2.45, 2.75) is 109 Å². The molecule has 0 aromatic heterocycles. The molecule has 1 aromatic carbocycles. The van der Waals surface area contributed by atoms with Crippen LogP contribution in [-0.2, 0) is 5.41 Å². The summed E-state index contributed by atoms with van der Waals surface area (Å²) >= 11 is 0. The van der Waals surface area contributed by atoms with Gasteiger partial charge in [-0.1, -0.05) is 46.8 Å². The standard InChI is InChI=1S/C29H43NO/c1-27(2,3)17-7-9-25-21(15-17)22-16-24-20-8-6-18-14-19(31)10-12-28(18,4)23(20)11-13-29(24,5)26(22)30-25/h7,9,15,18-20,22-24,26,30-31H,6,8,10-14,16H2,1-5H3/t18?,19-,20+,22-,23+,24+,26+,28+,29+/m1/s1. The van der Waals surface area contributed by atoms with Gasteiger partial charge in [-0.3, -0.25) is 0 Å². The molecular formula is C29H43NO. The molecule has 2 N–H and O–H groups in total. The average Bonchev–Trinajstić information content (AvgIpc) is 3.22. The van der Waals surface area contributed by atoms with E-state index in [4.69, 9.17) is 0 Å². The van der Waals surface area contributed by atoms with Gasteiger partial charge in [0.05, 0.1) is 6.10 Å². The van der Waals surface area contributed by atoms with Gasteiger partial charge in [0, 0.05) is 17.6 Å². The highest BCUT2D eigenvalue weighted by molar-refractivity contribution is 5.62. The van der Waals surface area contributed by atoms with Crippen molar-refractivity contribution in [1.82, 2.24) is 0 Å². The Hall–Kier alpha value is -1.02. The van der Waals surface area contributed by atoms with E-state index >= 15 is 0 Å². The normalized spacial score (nSPS) is 48.1. The van der Waals surface area contributed by atoms with Gasteiger partial charge in [-0.2, -0.15) is 0 Å². The van der Waals surface area contributed by atoms with Gasteiger partial charge in [0.2, 0.25) is 0 Å². The molecule has 170 valence electrons. The lowest BCUT2D eigenvalue weighted by Gasteiger charge is -2.60.